The van der Waals surface area contributed by atoms with Crippen LogP contribution in [0.5, 0.6) is 0 Å². The largest absolute Gasteiger partial charge is 0.303 e. The van der Waals surface area contributed by atoms with Crippen LogP contribution in [0, 0.1) is 0 Å². The number of aldehydes is 1. The van der Waals surface area contributed by atoms with Crippen LogP contribution < -0.4 is 0 Å². The molecule has 70 valence electrons. The van der Waals surface area contributed by atoms with Crippen LogP contribution in [0.1, 0.15) is 12.0 Å². The first-order valence-corrected chi connectivity index (χ1v) is 3.99. The molecule has 0 unspecified atom stereocenters. The fourth-order valence-corrected chi connectivity index (χ4v) is 1.09. The van der Waals surface area contributed by atoms with Gasteiger partial charge in [-0.3, -0.25) is 0 Å². The van der Waals surface area contributed by atoms with Crippen molar-refractivity contribution in [2.24, 2.45) is 0 Å². The maximum atomic E-state index is 12.9. The molecule has 0 spiro atoms. The smallest absolute Gasteiger partial charge is 0.258 e. The van der Waals surface area contributed by atoms with Gasteiger partial charge in [-0.1, -0.05) is 30.3 Å². The number of halogens is 2. The summed E-state index contributed by atoms with van der Waals surface area (Å²) in [6.07, 6.45) is -0.822. The summed E-state index contributed by atoms with van der Waals surface area (Å²) in [5.74, 6) is -2.91. The molecule has 0 aliphatic heterocycles. The highest BCUT2D eigenvalue weighted by molar-refractivity contribution is 5.51. The molecule has 0 bridgehead atoms. The van der Waals surface area contributed by atoms with Crippen LogP contribution in [0.2, 0.25) is 0 Å². The predicted molar refractivity (Wildman–Crippen MR) is 45.8 cm³/mol. The first-order valence-electron chi connectivity index (χ1n) is 3.99. The molecule has 1 rings (SSSR count). The highest BCUT2D eigenvalue weighted by atomic mass is 19.3. The molecule has 13 heavy (non-hydrogen) atoms. The lowest BCUT2D eigenvalue weighted by Crippen LogP contribution is -2.19. The van der Waals surface area contributed by atoms with E-state index < -0.39 is 12.3 Å². The molecule has 0 heterocycles. The Morgan fingerprint density at radius 1 is 1.23 bits per heavy atom. The highest BCUT2D eigenvalue weighted by Crippen LogP contribution is 2.22. The lowest BCUT2D eigenvalue weighted by Gasteiger charge is -2.12. The van der Waals surface area contributed by atoms with E-state index in [9.17, 15) is 13.6 Å². The van der Waals surface area contributed by atoms with Gasteiger partial charge in [-0.05, 0) is 5.56 Å². The molecule has 3 heteroatoms. The average molecular weight is 184 g/mol. The molecule has 1 aromatic carbocycles. The van der Waals surface area contributed by atoms with E-state index in [1.54, 1.807) is 30.3 Å². The van der Waals surface area contributed by atoms with Crippen molar-refractivity contribution in [3.63, 3.8) is 0 Å². The Morgan fingerprint density at radius 2 is 1.85 bits per heavy atom. The van der Waals surface area contributed by atoms with Gasteiger partial charge in [0.25, 0.3) is 5.92 Å². The number of carbonyl (C=O) groups is 1. The third kappa shape index (κ3) is 3.32. The van der Waals surface area contributed by atoms with Crippen molar-refractivity contribution < 1.29 is 13.6 Å². The topological polar surface area (TPSA) is 17.1 Å². The van der Waals surface area contributed by atoms with E-state index >= 15 is 0 Å². The summed E-state index contributed by atoms with van der Waals surface area (Å²) in [6, 6.07) is 8.41. The van der Waals surface area contributed by atoms with E-state index in [0.29, 0.717) is 5.56 Å². The van der Waals surface area contributed by atoms with Gasteiger partial charge in [0.1, 0.15) is 6.29 Å². The van der Waals surface area contributed by atoms with E-state index in [0.717, 1.165) is 0 Å². The van der Waals surface area contributed by atoms with E-state index in [1.807, 2.05) is 0 Å². The lowest BCUT2D eigenvalue weighted by atomic mass is 10.1. The Kier molecular flexibility index (Phi) is 3.12. The molecule has 0 aliphatic carbocycles. The molecular formula is C10H10F2O. The van der Waals surface area contributed by atoms with Crippen LogP contribution in [0.4, 0.5) is 8.78 Å². The molecule has 1 nitrogen and oxygen atoms in total. The molecular weight excluding hydrogens is 174 g/mol. The minimum Gasteiger partial charge on any atom is -0.303 e. The van der Waals surface area contributed by atoms with Crippen molar-refractivity contribution in [3.05, 3.63) is 35.9 Å². The van der Waals surface area contributed by atoms with Gasteiger partial charge in [-0.15, -0.1) is 0 Å². The van der Waals surface area contributed by atoms with Crippen molar-refractivity contribution in [3.8, 4) is 0 Å². The third-order valence-corrected chi connectivity index (χ3v) is 1.69. The maximum absolute atomic E-state index is 12.9. The first kappa shape index (κ1) is 9.84. The van der Waals surface area contributed by atoms with Gasteiger partial charge in [0, 0.05) is 6.42 Å². The first-order chi connectivity index (χ1) is 6.14. The van der Waals surface area contributed by atoms with Crippen LogP contribution in [-0.4, -0.2) is 12.2 Å². The summed E-state index contributed by atoms with van der Waals surface area (Å²) in [4.78, 5) is 9.93. The minimum atomic E-state index is -2.91. The van der Waals surface area contributed by atoms with Gasteiger partial charge in [0.15, 0.2) is 0 Å². The number of hydrogen-bond acceptors (Lipinski definition) is 1. The molecule has 0 fully saturated rings. The highest BCUT2D eigenvalue weighted by Gasteiger charge is 2.28. The van der Waals surface area contributed by atoms with Crippen LogP contribution in [0.25, 0.3) is 0 Å². The van der Waals surface area contributed by atoms with E-state index in [-0.39, 0.29) is 12.7 Å². The van der Waals surface area contributed by atoms with Gasteiger partial charge < -0.3 is 4.79 Å². The Balaban J connectivity index is 2.63. The van der Waals surface area contributed by atoms with Crippen LogP contribution in [0.15, 0.2) is 30.3 Å². The second kappa shape index (κ2) is 4.12. The van der Waals surface area contributed by atoms with Gasteiger partial charge in [-0.2, -0.15) is 0 Å². The van der Waals surface area contributed by atoms with E-state index in [4.69, 9.17) is 0 Å². The van der Waals surface area contributed by atoms with Crippen molar-refractivity contribution in [2.75, 3.05) is 0 Å². The minimum absolute atomic E-state index is 0.253. The predicted octanol–water partition coefficient (Wildman–Crippen LogP) is 2.45. The summed E-state index contributed by atoms with van der Waals surface area (Å²) in [7, 11) is 0. The zero-order chi connectivity index (χ0) is 9.73. The zero-order valence-electron chi connectivity index (χ0n) is 7.04. The summed E-state index contributed by atoms with van der Waals surface area (Å²) in [6.45, 7) is 0. The quantitative estimate of drug-likeness (QED) is 0.657. The average Bonchev–Trinajstić information content (AvgIpc) is 2.04. The van der Waals surface area contributed by atoms with E-state index in [1.165, 1.54) is 0 Å². The Hall–Kier alpha value is -1.25. The molecule has 0 radical (unpaired) electrons. The number of carbonyl (C=O) groups excluding carboxylic acids is 1. The Bertz CT molecular complexity index is 270. The Labute approximate surface area is 75.4 Å². The van der Waals surface area contributed by atoms with Crippen molar-refractivity contribution in [1.29, 1.82) is 0 Å². The summed E-state index contributed by atoms with van der Waals surface area (Å²) < 4.78 is 25.8. The Morgan fingerprint density at radius 3 is 2.38 bits per heavy atom. The van der Waals surface area contributed by atoms with Gasteiger partial charge >= 0.3 is 0 Å². The van der Waals surface area contributed by atoms with Gasteiger partial charge in [0.2, 0.25) is 0 Å². The molecule has 0 atom stereocenters. The van der Waals surface area contributed by atoms with Crippen molar-refractivity contribution in [1.82, 2.24) is 0 Å². The SMILES string of the molecule is O=CCC(F)(F)Cc1ccccc1. The lowest BCUT2D eigenvalue weighted by molar-refractivity contribution is -0.114. The fourth-order valence-electron chi connectivity index (χ4n) is 1.09. The van der Waals surface area contributed by atoms with Crippen LogP contribution in [-0.2, 0) is 11.2 Å². The molecule has 0 saturated carbocycles. The normalized spacial score (nSPS) is 11.2. The summed E-state index contributed by atoms with van der Waals surface area (Å²) in [5.41, 5.74) is 0.550. The maximum Gasteiger partial charge on any atom is 0.258 e. The van der Waals surface area contributed by atoms with E-state index in [2.05, 4.69) is 0 Å². The summed E-state index contributed by atoms with van der Waals surface area (Å²) in [5, 5.41) is 0. The van der Waals surface area contributed by atoms with Crippen molar-refractivity contribution in [2.45, 2.75) is 18.8 Å². The van der Waals surface area contributed by atoms with Gasteiger partial charge in [-0.25, -0.2) is 8.78 Å². The number of rotatable bonds is 4. The standard InChI is InChI=1S/C10H10F2O/c11-10(12,6-7-13)8-9-4-2-1-3-5-9/h1-5,7H,6,8H2. The molecule has 0 aromatic heterocycles. The van der Waals surface area contributed by atoms with Crippen LogP contribution >= 0.6 is 0 Å². The molecule has 0 amide bonds. The summed E-state index contributed by atoms with van der Waals surface area (Å²) >= 11 is 0. The molecule has 0 saturated heterocycles. The second-order valence-corrected chi connectivity index (χ2v) is 2.89. The zero-order valence-corrected chi connectivity index (χ0v) is 7.04. The number of hydrogen-bond donors (Lipinski definition) is 0. The van der Waals surface area contributed by atoms with Crippen molar-refractivity contribution >= 4 is 6.29 Å². The monoisotopic (exact) mass is 184 g/mol. The second-order valence-electron chi connectivity index (χ2n) is 2.89. The molecule has 1 aromatic rings. The number of alkyl halides is 2. The fraction of sp³-hybridized carbons (Fsp3) is 0.300. The third-order valence-electron chi connectivity index (χ3n) is 1.69. The van der Waals surface area contributed by atoms with Gasteiger partial charge in [0.05, 0.1) is 6.42 Å². The molecule has 0 N–H and O–H groups in total. The number of benzene rings is 1. The molecule has 0 aliphatic rings. The van der Waals surface area contributed by atoms with Crippen LogP contribution in [0.3, 0.4) is 0 Å².